The number of amides is 1. The number of benzene rings is 1. The second-order valence-electron chi connectivity index (χ2n) is 5.23. The zero-order chi connectivity index (χ0) is 13.7. The maximum atomic E-state index is 11.8. The van der Waals surface area contributed by atoms with Crippen LogP contribution in [0.5, 0.6) is 0 Å². The minimum atomic E-state index is 0.0250. The topological polar surface area (TPSA) is 41.1 Å². The molecule has 102 valence electrons. The van der Waals surface area contributed by atoms with Crippen molar-refractivity contribution in [2.24, 2.45) is 5.92 Å². The first kappa shape index (κ1) is 14.0. The van der Waals surface area contributed by atoms with E-state index >= 15 is 0 Å². The van der Waals surface area contributed by atoms with Crippen molar-refractivity contribution < 1.29 is 4.79 Å². The Morgan fingerprint density at radius 2 is 2.11 bits per heavy atom. The van der Waals surface area contributed by atoms with Gasteiger partial charge in [0.05, 0.1) is 0 Å². The summed E-state index contributed by atoms with van der Waals surface area (Å²) in [7, 11) is 0. The van der Waals surface area contributed by atoms with Crippen molar-refractivity contribution in [2.45, 2.75) is 39.0 Å². The molecule has 0 atom stereocenters. The Balaban J connectivity index is 1.78. The van der Waals surface area contributed by atoms with Gasteiger partial charge in [-0.3, -0.25) is 4.79 Å². The average Bonchev–Trinajstić information content (AvgIpc) is 2.81. The van der Waals surface area contributed by atoms with Crippen LogP contribution < -0.4 is 10.6 Å². The summed E-state index contributed by atoms with van der Waals surface area (Å²) >= 11 is 5.15. The van der Waals surface area contributed by atoms with Crippen molar-refractivity contribution in [3.8, 4) is 0 Å². The highest BCUT2D eigenvalue weighted by Crippen LogP contribution is 2.27. The summed E-state index contributed by atoms with van der Waals surface area (Å²) in [5, 5.41) is 6.18. The molecule has 2 N–H and O–H groups in total. The Morgan fingerprint density at radius 3 is 2.79 bits per heavy atom. The molecule has 1 saturated carbocycles. The summed E-state index contributed by atoms with van der Waals surface area (Å²) in [5.41, 5.74) is 2.07. The minimum Gasteiger partial charge on any atom is -0.332 e. The smallest absolute Gasteiger partial charge is 0.226 e. The quantitative estimate of drug-likeness (QED) is 0.832. The maximum absolute atomic E-state index is 11.8. The largest absolute Gasteiger partial charge is 0.332 e. The van der Waals surface area contributed by atoms with Crippen LogP contribution in [0.3, 0.4) is 0 Å². The fraction of sp³-hybridized carbons (Fsp3) is 0.467. The molecular formula is C15H20N2OS. The van der Waals surface area contributed by atoms with Crippen LogP contribution in [0.2, 0.25) is 0 Å². The number of thiocarbonyl (C=S) groups is 1. The van der Waals surface area contributed by atoms with Crippen LogP contribution in [0.15, 0.2) is 24.3 Å². The van der Waals surface area contributed by atoms with Crippen molar-refractivity contribution in [3.63, 3.8) is 0 Å². The number of carbonyl (C=O) groups is 1. The normalized spacial score (nSPS) is 15.2. The van der Waals surface area contributed by atoms with E-state index in [-0.39, 0.29) is 5.91 Å². The molecule has 0 bridgehead atoms. The lowest BCUT2D eigenvalue weighted by atomic mass is 10.0. The summed E-state index contributed by atoms with van der Waals surface area (Å²) < 4.78 is 0. The van der Waals surface area contributed by atoms with Gasteiger partial charge in [0, 0.05) is 12.1 Å². The number of rotatable bonds is 3. The van der Waals surface area contributed by atoms with Crippen molar-refractivity contribution in [2.75, 3.05) is 5.32 Å². The lowest BCUT2D eigenvalue weighted by Crippen LogP contribution is -2.34. The zero-order valence-corrected chi connectivity index (χ0v) is 12.1. The summed E-state index contributed by atoms with van der Waals surface area (Å²) in [6, 6.07) is 7.91. The maximum Gasteiger partial charge on any atom is 0.226 e. The summed E-state index contributed by atoms with van der Waals surface area (Å²) in [6.45, 7) is 2.02. The third-order valence-electron chi connectivity index (χ3n) is 3.48. The van der Waals surface area contributed by atoms with Crippen LogP contribution in [-0.2, 0) is 4.79 Å². The number of hydrogen-bond acceptors (Lipinski definition) is 2. The van der Waals surface area contributed by atoms with Crippen LogP contribution in [0.1, 0.15) is 37.7 Å². The van der Waals surface area contributed by atoms with Crippen LogP contribution in [0.25, 0.3) is 0 Å². The predicted molar refractivity (Wildman–Crippen MR) is 82.1 cm³/mol. The minimum absolute atomic E-state index is 0.0250. The number of hydrogen-bond donors (Lipinski definition) is 2. The molecule has 0 radical (unpaired) electrons. The molecule has 0 unspecified atom stereocenters. The van der Waals surface area contributed by atoms with E-state index in [1.165, 1.54) is 25.7 Å². The van der Waals surface area contributed by atoms with Gasteiger partial charge in [-0.15, -0.1) is 0 Å². The molecule has 1 aromatic carbocycles. The summed E-state index contributed by atoms with van der Waals surface area (Å²) in [6.07, 6.45) is 5.44. The lowest BCUT2D eigenvalue weighted by Gasteiger charge is -2.12. The van der Waals surface area contributed by atoms with Gasteiger partial charge < -0.3 is 10.6 Å². The van der Waals surface area contributed by atoms with Gasteiger partial charge in [0.15, 0.2) is 5.11 Å². The van der Waals surface area contributed by atoms with E-state index in [0.717, 1.165) is 11.3 Å². The zero-order valence-electron chi connectivity index (χ0n) is 11.2. The van der Waals surface area contributed by atoms with E-state index in [4.69, 9.17) is 12.2 Å². The van der Waals surface area contributed by atoms with Crippen molar-refractivity contribution in [3.05, 3.63) is 29.8 Å². The van der Waals surface area contributed by atoms with Gasteiger partial charge in [0.1, 0.15) is 0 Å². The van der Waals surface area contributed by atoms with E-state index in [1.54, 1.807) is 0 Å². The molecular weight excluding hydrogens is 256 g/mol. The van der Waals surface area contributed by atoms with Crippen molar-refractivity contribution in [1.82, 2.24) is 5.32 Å². The number of aryl methyl sites for hydroxylation is 1. The van der Waals surface area contributed by atoms with E-state index < -0.39 is 0 Å². The number of nitrogens with one attached hydrogen (secondary N) is 2. The average molecular weight is 276 g/mol. The van der Waals surface area contributed by atoms with Crippen LogP contribution >= 0.6 is 12.2 Å². The Labute approximate surface area is 119 Å². The standard InChI is InChI=1S/C15H20N2OS/c1-11-5-4-8-13(9-11)16-15(19)17-14(18)10-12-6-2-3-7-12/h4-5,8-9,12H,2-3,6-7,10H2,1H3,(H2,16,17,18,19). The molecule has 1 fully saturated rings. The van der Waals surface area contributed by atoms with E-state index in [2.05, 4.69) is 10.6 Å². The Hall–Kier alpha value is -1.42. The predicted octanol–water partition coefficient (Wildman–Crippen LogP) is 3.39. The van der Waals surface area contributed by atoms with Gasteiger partial charge in [-0.25, -0.2) is 0 Å². The summed E-state index contributed by atoms with van der Waals surface area (Å²) in [4.78, 5) is 11.8. The molecule has 3 nitrogen and oxygen atoms in total. The molecule has 0 aromatic heterocycles. The second kappa shape index (κ2) is 6.66. The van der Waals surface area contributed by atoms with Gasteiger partial charge in [-0.05, 0) is 55.6 Å². The van der Waals surface area contributed by atoms with Gasteiger partial charge in [-0.1, -0.05) is 25.0 Å². The molecule has 1 amide bonds. The second-order valence-corrected chi connectivity index (χ2v) is 5.63. The SMILES string of the molecule is Cc1cccc(NC(=S)NC(=O)CC2CCCC2)c1. The molecule has 0 saturated heterocycles. The van der Waals surface area contributed by atoms with Crippen molar-refractivity contribution >= 4 is 28.9 Å². The molecule has 0 heterocycles. The molecule has 0 spiro atoms. The van der Waals surface area contributed by atoms with E-state index in [1.807, 2.05) is 31.2 Å². The van der Waals surface area contributed by atoms with Gasteiger partial charge in [0.25, 0.3) is 0 Å². The third kappa shape index (κ3) is 4.63. The van der Waals surface area contributed by atoms with Crippen molar-refractivity contribution in [1.29, 1.82) is 0 Å². The fourth-order valence-electron chi connectivity index (χ4n) is 2.54. The summed E-state index contributed by atoms with van der Waals surface area (Å²) in [5.74, 6) is 0.568. The molecule has 0 aliphatic heterocycles. The highest BCUT2D eigenvalue weighted by atomic mass is 32.1. The Bertz CT molecular complexity index is 467. The van der Waals surface area contributed by atoms with Crippen LogP contribution in [0.4, 0.5) is 5.69 Å². The lowest BCUT2D eigenvalue weighted by molar-refractivity contribution is -0.120. The number of carbonyl (C=O) groups excluding carboxylic acids is 1. The molecule has 1 aromatic rings. The van der Waals surface area contributed by atoms with Crippen LogP contribution in [0, 0.1) is 12.8 Å². The van der Waals surface area contributed by atoms with E-state index in [0.29, 0.717) is 17.5 Å². The molecule has 1 aliphatic carbocycles. The first-order valence-electron chi connectivity index (χ1n) is 6.81. The Morgan fingerprint density at radius 1 is 1.37 bits per heavy atom. The van der Waals surface area contributed by atoms with E-state index in [9.17, 15) is 4.79 Å². The Kier molecular flexibility index (Phi) is 4.91. The molecule has 19 heavy (non-hydrogen) atoms. The first-order chi connectivity index (χ1) is 9.13. The van der Waals surface area contributed by atoms with Gasteiger partial charge in [0.2, 0.25) is 5.91 Å². The van der Waals surface area contributed by atoms with Gasteiger partial charge >= 0.3 is 0 Å². The number of anilines is 1. The highest BCUT2D eigenvalue weighted by molar-refractivity contribution is 7.80. The van der Waals surface area contributed by atoms with Crippen LogP contribution in [-0.4, -0.2) is 11.0 Å². The molecule has 1 aliphatic rings. The van der Waals surface area contributed by atoms with Gasteiger partial charge in [-0.2, -0.15) is 0 Å². The molecule has 4 heteroatoms. The fourth-order valence-corrected chi connectivity index (χ4v) is 2.77. The highest BCUT2D eigenvalue weighted by Gasteiger charge is 2.18. The molecule has 2 rings (SSSR count). The first-order valence-corrected chi connectivity index (χ1v) is 7.22. The third-order valence-corrected chi connectivity index (χ3v) is 3.68. The monoisotopic (exact) mass is 276 g/mol.